The van der Waals surface area contributed by atoms with Crippen LogP contribution in [0.15, 0.2) is 97.1 Å². The Morgan fingerprint density at radius 1 is 0.605 bits per heavy atom. The molecule has 0 aliphatic heterocycles. The Kier molecular flexibility index (Phi) is 9.32. The number of alkyl halides is 6. The Bertz CT molecular complexity index is 1360. The van der Waals surface area contributed by atoms with Crippen molar-refractivity contribution >= 4 is 38.3 Å². The molecule has 1 atom stereocenters. The van der Waals surface area contributed by atoms with Crippen LogP contribution in [0.1, 0.15) is 21.5 Å². The summed E-state index contributed by atoms with van der Waals surface area (Å²) in [5.74, 6) is 1.20. The predicted octanol–water partition coefficient (Wildman–Crippen LogP) is 7.80. The molecule has 0 N–H and O–H groups in total. The molecule has 0 bridgehead atoms. The van der Waals surface area contributed by atoms with Gasteiger partial charge in [-0.3, -0.25) is 4.79 Å². The van der Waals surface area contributed by atoms with E-state index in [1.54, 1.807) is 60.7 Å². The Labute approximate surface area is 227 Å². The van der Waals surface area contributed by atoms with Gasteiger partial charge in [0, 0.05) is 16.9 Å². The second-order valence-corrected chi connectivity index (χ2v) is 8.91. The summed E-state index contributed by atoms with van der Waals surface area (Å²) in [5.41, 5.74) is -6.03. The van der Waals surface area contributed by atoms with Gasteiger partial charge in [0.15, 0.2) is 5.52 Å². The van der Waals surface area contributed by atoms with E-state index in [1.807, 2.05) is 0 Å². The molecule has 11 heteroatoms. The van der Waals surface area contributed by atoms with Crippen LogP contribution in [0, 0.1) is 0 Å². The summed E-state index contributed by atoms with van der Waals surface area (Å²) in [4.78, 5) is 13.1. The van der Waals surface area contributed by atoms with Crippen LogP contribution in [-0.4, -0.2) is 24.4 Å². The van der Waals surface area contributed by atoms with Crippen LogP contribution >= 0.6 is 8.58 Å². The van der Waals surface area contributed by atoms with Gasteiger partial charge in [-0.1, -0.05) is 42.5 Å². The van der Waals surface area contributed by atoms with E-state index in [9.17, 15) is 31.1 Å². The molecule has 0 saturated carbocycles. The van der Waals surface area contributed by atoms with E-state index in [0.29, 0.717) is 35.4 Å². The summed E-state index contributed by atoms with van der Waals surface area (Å²) >= 11 is 0. The number of ether oxygens (including phenoxy) is 2. The fraction of sp³-hybridized carbons (Fsp3) is 0.0741. The van der Waals surface area contributed by atoms with Crippen LogP contribution in [0.4, 0.5) is 26.3 Å². The second-order valence-electron chi connectivity index (χ2n) is 7.67. The summed E-state index contributed by atoms with van der Waals surface area (Å²) in [5, 5.41) is 0.111. The van der Waals surface area contributed by atoms with Crippen molar-refractivity contribution in [3.8, 4) is 23.0 Å². The monoisotopic (exact) mass is 542 g/mol. The van der Waals surface area contributed by atoms with Crippen molar-refractivity contribution in [3.63, 3.8) is 0 Å². The summed E-state index contributed by atoms with van der Waals surface area (Å²) in [6.07, 6.45) is -10.3. The van der Waals surface area contributed by atoms with E-state index in [2.05, 4.69) is 0 Å². The predicted molar refractivity (Wildman–Crippen MR) is 135 cm³/mol. The van der Waals surface area contributed by atoms with Crippen molar-refractivity contribution in [1.29, 1.82) is 0 Å². The van der Waals surface area contributed by atoms with Crippen LogP contribution in [-0.2, 0) is 12.4 Å². The quantitative estimate of drug-likeness (QED) is 0.136. The van der Waals surface area contributed by atoms with Gasteiger partial charge in [-0.2, -0.15) is 26.3 Å². The molecular formula is C27H18F6LiO3P. The van der Waals surface area contributed by atoms with Crippen LogP contribution in [0.2, 0.25) is 0 Å². The van der Waals surface area contributed by atoms with E-state index in [0.717, 1.165) is 0 Å². The first-order valence-electron chi connectivity index (χ1n) is 10.7. The number of carbonyl (C=O) groups is 1. The molecule has 4 aromatic rings. The van der Waals surface area contributed by atoms with Crippen LogP contribution in [0.25, 0.3) is 0 Å². The Morgan fingerprint density at radius 2 is 1.11 bits per heavy atom. The van der Waals surface area contributed by atoms with E-state index >= 15 is 0 Å². The third-order valence-electron chi connectivity index (χ3n) is 5.05. The molecule has 192 valence electrons. The van der Waals surface area contributed by atoms with Crippen molar-refractivity contribution in [2.75, 3.05) is 0 Å². The standard InChI is InChI=1S/C27H17F6O3P.Li.H/c28-26(29,30)20-12-7-13-21(27(31,32)33)24(20)25(34)37-23-15-14-19(35-17-8-3-1-4-9-17)16-22(23)36-18-10-5-2-6-11-18;;/h1-16,37H;;. The van der Waals surface area contributed by atoms with Gasteiger partial charge in [0.1, 0.15) is 23.0 Å². The fourth-order valence-electron chi connectivity index (χ4n) is 3.45. The van der Waals surface area contributed by atoms with Crippen LogP contribution < -0.4 is 14.8 Å². The van der Waals surface area contributed by atoms with Crippen molar-refractivity contribution in [2.45, 2.75) is 12.4 Å². The summed E-state index contributed by atoms with van der Waals surface area (Å²) in [6, 6.07) is 22.8. The van der Waals surface area contributed by atoms with Crippen molar-refractivity contribution in [2.24, 2.45) is 0 Å². The molecular weight excluding hydrogens is 524 g/mol. The van der Waals surface area contributed by atoms with Crippen LogP contribution in [0.3, 0.4) is 0 Å². The normalized spacial score (nSPS) is 11.7. The maximum atomic E-state index is 13.6. The van der Waals surface area contributed by atoms with Gasteiger partial charge < -0.3 is 9.47 Å². The van der Waals surface area contributed by atoms with Gasteiger partial charge in [0.2, 0.25) is 0 Å². The summed E-state index contributed by atoms with van der Waals surface area (Å²) in [7, 11) is -1.10. The number of hydrogen-bond acceptors (Lipinski definition) is 3. The van der Waals surface area contributed by atoms with E-state index in [1.165, 1.54) is 18.2 Å². The third-order valence-corrected chi connectivity index (χ3v) is 6.21. The molecule has 4 rings (SSSR count). The minimum absolute atomic E-state index is 0. The fourth-order valence-corrected chi connectivity index (χ4v) is 4.50. The minimum atomic E-state index is -5.16. The molecule has 0 aromatic heterocycles. The SMILES string of the molecule is O=C(Pc1ccc(Oc2ccccc2)cc1Oc1ccccc1)c1c(C(F)(F)F)cccc1C(F)(F)F.[LiH]. The molecule has 0 amide bonds. The van der Waals surface area contributed by atoms with Crippen LogP contribution in [0.5, 0.6) is 23.0 Å². The van der Waals surface area contributed by atoms with Gasteiger partial charge >= 0.3 is 31.2 Å². The molecule has 0 aliphatic carbocycles. The van der Waals surface area contributed by atoms with E-state index < -0.39 is 43.1 Å². The molecule has 0 aliphatic rings. The first kappa shape index (κ1) is 29.3. The second kappa shape index (κ2) is 12.1. The molecule has 0 fully saturated rings. The number of carbonyl (C=O) groups excluding carboxylic acids is 1. The molecule has 38 heavy (non-hydrogen) atoms. The first-order chi connectivity index (χ1) is 17.5. The Morgan fingerprint density at radius 3 is 1.61 bits per heavy atom. The molecule has 1 unspecified atom stereocenters. The number of benzene rings is 4. The van der Waals surface area contributed by atoms with Gasteiger partial charge in [-0.25, -0.2) is 0 Å². The molecule has 4 aromatic carbocycles. The zero-order chi connectivity index (χ0) is 26.6. The van der Waals surface area contributed by atoms with Crippen molar-refractivity contribution in [3.05, 3.63) is 114 Å². The molecule has 0 spiro atoms. The van der Waals surface area contributed by atoms with Gasteiger partial charge in [0.25, 0.3) is 0 Å². The topological polar surface area (TPSA) is 35.5 Å². The van der Waals surface area contributed by atoms with Gasteiger partial charge in [-0.15, -0.1) is 0 Å². The van der Waals surface area contributed by atoms with E-state index in [-0.39, 0.29) is 29.9 Å². The number of hydrogen-bond donors (Lipinski definition) is 0. The third kappa shape index (κ3) is 7.20. The first-order valence-corrected chi connectivity index (χ1v) is 11.7. The summed E-state index contributed by atoms with van der Waals surface area (Å²) < 4.78 is 93.1. The number of para-hydroxylation sites is 2. The van der Waals surface area contributed by atoms with Gasteiger partial charge in [0.05, 0.1) is 11.1 Å². The van der Waals surface area contributed by atoms with E-state index in [4.69, 9.17) is 9.47 Å². The summed E-state index contributed by atoms with van der Waals surface area (Å²) in [6.45, 7) is 0. The zero-order valence-corrected chi connectivity index (χ0v) is 19.7. The number of halogens is 6. The van der Waals surface area contributed by atoms with Crippen molar-refractivity contribution in [1.82, 2.24) is 0 Å². The maximum absolute atomic E-state index is 13.6. The zero-order valence-electron chi connectivity index (χ0n) is 18.7. The molecule has 0 saturated heterocycles. The molecule has 0 radical (unpaired) electrons. The number of rotatable bonds is 7. The molecule has 3 nitrogen and oxygen atoms in total. The Hall–Kier alpha value is -3.24. The average Bonchev–Trinajstić information content (AvgIpc) is 2.85. The van der Waals surface area contributed by atoms with Crippen molar-refractivity contribution < 1.29 is 40.6 Å². The Balaban J connectivity index is 0.00000400. The molecule has 0 heterocycles. The van der Waals surface area contributed by atoms with Gasteiger partial charge in [-0.05, 0) is 57.1 Å². The average molecular weight is 542 g/mol.